The molecule has 0 aliphatic carbocycles. The molecule has 0 saturated carbocycles. The first kappa shape index (κ1) is 15.3. The van der Waals surface area contributed by atoms with Gasteiger partial charge in [-0.2, -0.15) is 5.10 Å². The van der Waals surface area contributed by atoms with Gasteiger partial charge in [-0.05, 0) is 30.2 Å². The highest BCUT2D eigenvalue weighted by molar-refractivity contribution is 8.13. The van der Waals surface area contributed by atoms with Crippen molar-refractivity contribution in [2.24, 2.45) is 15.9 Å². The molecule has 2 aromatic rings. The SMILES string of the molecule is Cc1cccc(CS/C(N)=N/N=C/c2ccc(F)cc2)c1. The number of hydrogen-bond donors (Lipinski definition) is 1. The summed E-state index contributed by atoms with van der Waals surface area (Å²) in [6, 6.07) is 14.2. The number of thioether (sulfide) groups is 1. The molecule has 0 fully saturated rings. The normalized spacial score (nSPS) is 12.0. The quantitative estimate of drug-likeness (QED) is 0.531. The van der Waals surface area contributed by atoms with Gasteiger partial charge in [-0.3, -0.25) is 0 Å². The van der Waals surface area contributed by atoms with Crippen molar-refractivity contribution in [3.8, 4) is 0 Å². The van der Waals surface area contributed by atoms with Gasteiger partial charge in [0.1, 0.15) is 5.82 Å². The van der Waals surface area contributed by atoms with Crippen LogP contribution in [0.2, 0.25) is 0 Å². The van der Waals surface area contributed by atoms with Crippen LogP contribution in [0.5, 0.6) is 0 Å². The third-order valence-electron chi connectivity index (χ3n) is 2.70. The van der Waals surface area contributed by atoms with E-state index in [2.05, 4.69) is 35.3 Å². The topological polar surface area (TPSA) is 50.7 Å². The predicted octanol–water partition coefficient (Wildman–Crippen LogP) is 3.72. The van der Waals surface area contributed by atoms with E-state index in [1.807, 2.05) is 6.07 Å². The van der Waals surface area contributed by atoms with Crippen molar-refractivity contribution in [2.45, 2.75) is 12.7 Å². The maximum Gasteiger partial charge on any atom is 0.180 e. The molecule has 0 aromatic heterocycles. The van der Waals surface area contributed by atoms with Gasteiger partial charge in [0.25, 0.3) is 0 Å². The summed E-state index contributed by atoms with van der Waals surface area (Å²) in [7, 11) is 0. The highest BCUT2D eigenvalue weighted by Crippen LogP contribution is 2.13. The molecule has 2 aromatic carbocycles. The summed E-state index contributed by atoms with van der Waals surface area (Å²) in [5.41, 5.74) is 8.98. The highest BCUT2D eigenvalue weighted by atomic mass is 32.2. The first-order chi connectivity index (χ1) is 10.1. The largest absolute Gasteiger partial charge is 0.377 e. The number of aryl methyl sites for hydroxylation is 1. The first-order valence-electron chi connectivity index (χ1n) is 6.44. The summed E-state index contributed by atoms with van der Waals surface area (Å²) in [6.45, 7) is 2.05. The van der Waals surface area contributed by atoms with Crippen LogP contribution < -0.4 is 5.73 Å². The van der Waals surface area contributed by atoms with Crippen LogP contribution >= 0.6 is 11.8 Å². The Hall–Kier alpha value is -2.14. The Balaban J connectivity index is 1.88. The Bertz CT molecular complexity index is 651. The van der Waals surface area contributed by atoms with Gasteiger partial charge in [0.2, 0.25) is 0 Å². The van der Waals surface area contributed by atoms with Gasteiger partial charge in [0.05, 0.1) is 6.21 Å². The molecule has 3 nitrogen and oxygen atoms in total. The zero-order valence-electron chi connectivity index (χ0n) is 11.7. The number of hydrogen-bond acceptors (Lipinski definition) is 3. The average molecular weight is 301 g/mol. The molecule has 0 aliphatic heterocycles. The van der Waals surface area contributed by atoms with Gasteiger partial charge >= 0.3 is 0 Å². The van der Waals surface area contributed by atoms with Gasteiger partial charge in [-0.25, -0.2) is 4.39 Å². The minimum Gasteiger partial charge on any atom is -0.377 e. The van der Waals surface area contributed by atoms with E-state index in [9.17, 15) is 4.39 Å². The minimum absolute atomic E-state index is 0.274. The van der Waals surface area contributed by atoms with Crippen molar-refractivity contribution in [3.05, 3.63) is 71.0 Å². The molecule has 0 aliphatic rings. The lowest BCUT2D eigenvalue weighted by molar-refractivity contribution is 0.628. The van der Waals surface area contributed by atoms with E-state index in [0.717, 1.165) is 11.3 Å². The minimum atomic E-state index is -0.274. The van der Waals surface area contributed by atoms with Crippen LogP contribution in [0.25, 0.3) is 0 Å². The molecule has 0 heterocycles. The molecule has 5 heteroatoms. The molecule has 0 radical (unpaired) electrons. The molecule has 2 N–H and O–H groups in total. The molecular formula is C16H16FN3S. The molecule has 0 amide bonds. The highest BCUT2D eigenvalue weighted by Gasteiger charge is 1.97. The van der Waals surface area contributed by atoms with Crippen LogP contribution in [0.15, 0.2) is 58.7 Å². The Morgan fingerprint density at radius 2 is 2.00 bits per heavy atom. The summed E-state index contributed by atoms with van der Waals surface area (Å²) < 4.78 is 12.7. The Morgan fingerprint density at radius 3 is 2.71 bits per heavy atom. The van der Waals surface area contributed by atoms with Gasteiger partial charge in [0.15, 0.2) is 5.17 Å². The molecule has 2 rings (SSSR count). The number of benzene rings is 2. The maximum absolute atomic E-state index is 12.7. The number of halogens is 1. The van der Waals surface area contributed by atoms with Gasteiger partial charge < -0.3 is 5.73 Å². The molecule has 0 bridgehead atoms. The van der Waals surface area contributed by atoms with Crippen LogP contribution in [0.1, 0.15) is 16.7 Å². The van der Waals surface area contributed by atoms with Crippen molar-refractivity contribution in [2.75, 3.05) is 0 Å². The van der Waals surface area contributed by atoms with E-state index >= 15 is 0 Å². The lowest BCUT2D eigenvalue weighted by Crippen LogP contribution is -2.06. The van der Waals surface area contributed by atoms with Crippen molar-refractivity contribution in [3.63, 3.8) is 0 Å². The van der Waals surface area contributed by atoms with Gasteiger partial charge in [0, 0.05) is 5.75 Å². The van der Waals surface area contributed by atoms with E-state index in [-0.39, 0.29) is 5.82 Å². The fraction of sp³-hybridized carbons (Fsp3) is 0.125. The van der Waals surface area contributed by atoms with Gasteiger partial charge in [-0.15, -0.1) is 5.10 Å². The fourth-order valence-electron chi connectivity index (χ4n) is 1.69. The van der Waals surface area contributed by atoms with Crippen molar-refractivity contribution >= 4 is 23.1 Å². The van der Waals surface area contributed by atoms with Crippen LogP contribution in [0.3, 0.4) is 0 Å². The van der Waals surface area contributed by atoms with Crippen molar-refractivity contribution in [1.29, 1.82) is 0 Å². The molecule has 0 unspecified atom stereocenters. The summed E-state index contributed by atoms with van der Waals surface area (Å²) in [5, 5.41) is 8.21. The lowest BCUT2D eigenvalue weighted by Gasteiger charge is -2.01. The van der Waals surface area contributed by atoms with Crippen LogP contribution in [0, 0.1) is 12.7 Å². The molecule has 0 spiro atoms. The van der Waals surface area contributed by atoms with E-state index < -0.39 is 0 Å². The average Bonchev–Trinajstić information content (AvgIpc) is 2.47. The molecule has 0 saturated heterocycles. The standard InChI is InChI=1S/C16H16FN3S/c1-12-3-2-4-14(9-12)11-21-16(18)20-19-10-13-5-7-15(17)8-6-13/h2-10H,11H2,1H3,(H2,18,20)/b19-10+. The molecule has 108 valence electrons. The third kappa shape index (κ3) is 5.39. The second-order valence-corrected chi connectivity index (χ2v) is 5.51. The lowest BCUT2D eigenvalue weighted by atomic mass is 10.2. The fourth-order valence-corrected chi connectivity index (χ4v) is 2.29. The predicted molar refractivity (Wildman–Crippen MR) is 88.1 cm³/mol. The Kier molecular flexibility index (Phi) is 5.51. The number of nitrogens with zero attached hydrogens (tertiary/aromatic N) is 2. The van der Waals surface area contributed by atoms with E-state index in [1.165, 1.54) is 35.0 Å². The summed E-state index contributed by atoms with van der Waals surface area (Å²) >= 11 is 1.43. The van der Waals surface area contributed by atoms with E-state index in [4.69, 9.17) is 5.73 Å². The van der Waals surface area contributed by atoms with Crippen molar-refractivity contribution in [1.82, 2.24) is 0 Å². The molecular weight excluding hydrogens is 285 g/mol. The summed E-state index contributed by atoms with van der Waals surface area (Å²) in [5.74, 6) is 0.479. The van der Waals surface area contributed by atoms with E-state index in [1.54, 1.807) is 18.3 Å². The monoisotopic (exact) mass is 301 g/mol. The summed E-state index contributed by atoms with van der Waals surface area (Å²) in [4.78, 5) is 0. The van der Waals surface area contributed by atoms with Crippen molar-refractivity contribution < 1.29 is 4.39 Å². The van der Waals surface area contributed by atoms with E-state index in [0.29, 0.717) is 5.17 Å². The number of nitrogens with two attached hydrogens (primary N) is 1. The number of rotatable bonds is 4. The summed E-state index contributed by atoms with van der Waals surface area (Å²) in [6.07, 6.45) is 1.54. The first-order valence-corrected chi connectivity index (χ1v) is 7.42. The van der Waals surface area contributed by atoms with Crippen LogP contribution in [0.4, 0.5) is 4.39 Å². The zero-order valence-corrected chi connectivity index (χ0v) is 12.5. The Morgan fingerprint density at radius 1 is 1.24 bits per heavy atom. The molecule has 0 atom stereocenters. The molecule has 21 heavy (non-hydrogen) atoms. The number of amidine groups is 1. The maximum atomic E-state index is 12.7. The van der Waals surface area contributed by atoms with Gasteiger partial charge in [-0.1, -0.05) is 53.7 Å². The second-order valence-electron chi connectivity index (χ2n) is 4.51. The van der Waals surface area contributed by atoms with Crippen LogP contribution in [-0.2, 0) is 5.75 Å². The zero-order chi connectivity index (χ0) is 15.1. The van der Waals surface area contributed by atoms with Crippen LogP contribution in [-0.4, -0.2) is 11.4 Å². The third-order valence-corrected chi connectivity index (χ3v) is 3.56. The Labute approximate surface area is 127 Å². The smallest absolute Gasteiger partial charge is 0.180 e. The second kappa shape index (κ2) is 7.59.